The molecule has 4 nitrogen and oxygen atoms in total. The summed E-state index contributed by atoms with van der Waals surface area (Å²) in [6.45, 7) is 2.88. The Hall–Kier alpha value is -3.27. The number of benzene rings is 3. The number of aryl methyl sites for hydroxylation is 2. The first-order valence-electron chi connectivity index (χ1n) is 9.56. The van der Waals surface area contributed by atoms with E-state index in [1.54, 1.807) is 0 Å². The second-order valence-corrected chi connectivity index (χ2v) is 6.74. The zero-order valence-electron chi connectivity index (χ0n) is 16.2. The highest BCUT2D eigenvalue weighted by molar-refractivity contribution is 5.93. The molecule has 0 unspecified atom stereocenters. The number of nitrogens with one attached hydrogen (secondary N) is 2. The van der Waals surface area contributed by atoms with E-state index in [-0.39, 0.29) is 12.5 Å². The monoisotopic (exact) mass is 374 g/mol. The third kappa shape index (κ3) is 6.47. The van der Waals surface area contributed by atoms with Crippen molar-refractivity contribution in [2.24, 2.45) is 0 Å². The fraction of sp³-hybridized carbons (Fsp3) is 0.208. The molecular weight excluding hydrogens is 348 g/mol. The molecule has 0 fully saturated rings. The summed E-state index contributed by atoms with van der Waals surface area (Å²) < 4.78 is 5.83. The summed E-state index contributed by atoms with van der Waals surface area (Å²) in [6.07, 6.45) is 1.93. The molecule has 2 N–H and O–H groups in total. The van der Waals surface area contributed by atoms with Crippen LogP contribution in [-0.4, -0.2) is 19.1 Å². The number of hydrogen-bond acceptors (Lipinski definition) is 3. The van der Waals surface area contributed by atoms with Gasteiger partial charge in [-0.05, 0) is 55.2 Å². The van der Waals surface area contributed by atoms with Gasteiger partial charge < -0.3 is 15.4 Å². The van der Waals surface area contributed by atoms with E-state index in [0.717, 1.165) is 35.5 Å². The molecule has 0 spiro atoms. The van der Waals surface area contributed by atoms with Gasteiger partial charge in [0.2, 0.25) is 5.91 Å². The Kier molecular flexibility index (Phi) is 7.08. The van der Waals surface area contributed by atoms with E-state index in [2.05, 4.69) is 34.9 Å². The Labute approximate surface area is 166 Å². The molecule has 0 atom stereocenters. The SMILES string of the molecule is Cc1cccc(NCC(=O)Nc2cccc(OCCCc3ccccc3)c2)c1. The van der Waals surface area contributed by atoms with E-state index in [4.69, 9.17) is 4.74 Å². The fourth-order valence-electron chi connectivity index (χ4n) is 2.92. The molecule has 0 saturated heterocycles. The largest absolute Gasteiger partial charge is 0.494 e. The van der Waals surface area contributed by atoms with Crippen molar-refractivity contribution in [2.45, 2.75) is 19.8 Å². The van der Waals surface area contributed by atoms with Crippen molar-refractivity contribution in [1.29, 1.82) is 0 Å². The molecule has 28 heavy (non-hydrogen) atoms. The molecule has 1 amide bonds. The Morgan fingerprint density at radius 2 is 1.68 bits per heavy atom. The molecule has 3 aromatic carbocycles. The van der Waals surface area contributed by atoms with Gasteiger partial charge in [0.25, 0.3) is 0 Å². The van der Waals surface area contributed by atoms with Gasteiger partial charge in [0, 0.05) is 17.4 Å². The predicted octanol–water partition coefficient (Wildman–Crippen LogP) is 5.06. The average Bonchev–Trinajstić information content (AvgIpc) is 2.71. The summed E-state index contributed by atoms with van der Waals surface area (Å²) in [5.74, 6) is 0.667. The molecule has 0 radical (unpaired) electrons. The van der Waals surface area contributed by atoms with Crippen molar-refractivity contribution in [3.63, 3.8) is 0 Å². The van der Waals surface area contributed by atoms with Crippen LogP contribution >= 0.6 is 0 Å². The minimum Gasteiger partial charge on any atom is -0.494 e. The maximum Gasteiger partial charge on any atom is 0.243 e. The Morgan fingerprint density at radius 3 is 2.50 bits per heavy atom. The lowest BCUT2D eigenvalue weighted by atomic mass is 10.1. The van der Waals surface area contributed by atoms with E-state index >= 15 is 0 Å². The molecule has 0 heterocycles. The van der Waals surface area contributed by atoms with Crippen molar-refractivity contribution in [2.75, 3.05) is 23.8 Å². The maximum absolute atomic E-state index is 12.2. The quantitative estimate of drug-likeness (QED) is 0.515. The Balaban J connectivity index is 1.42. The molecular formula is C24H26N2O2. The van der Waals surface area contributed by atoms with Gasteiger partial charge in [0.05, 0.1) is 13.2 Å². The molecule has 0 bridgehead atoms. The van der Waals surface area contributed by atoms with Crippen LogP contribution in [0.1, 0.15) is 17.5 Å². The average molecular weight is 374 g/mol. The summed E-state index contributed by atoms with van der Waals surface area (Å²) in [5, 5.41) is 6.04. The van der Waals surface area contributed by atoms with Gasteiger partial charge in [-0.1, -0.05) is 48.5 Å². The number of ether oxygens (including phenoxy) is 1. The molecule has 0 aromatic heterocycles. The first-order valence-corrected chi connectivity index (χ1v) is 9.56. The van der Waals surface area contributed by atoms with E-state index in [9.17, 15) is 4.79 Å². The van der Waals surface area contributed by atoms with Gasteiger partial charge in [-0.3, -0.25) is 4.79 Å². The summed E-state index contributed by atoms with van der Waals surface area (Å²) in [5.41, 5.74) is 4.14. The molecule has 0 aliphatic carbocycles. The van der Waals surface area contributed by atoms with Crippen molar-refractivity contribution in [1.82, 2.24) is 0 Å². The third-order valence-corrected chi connectivity index (χ3v) is 4.31. The molecule has 3 rings (SSSR count). The molecule has 0 aliphatic rings. The van der Waals surface area contributed by atoms with Crippen LogP contribution in [0.4, 0.5) is 11.4 Å². The van der Waals surface area contributed by atoms with Crippen LogP contribution in [-0.2, 0) is 11.2 Å². The van der Waals surface area contributed by atoms with Gasteiger partial charge in [-0.25, -0.2) is 0 Å². The molecule has 0 saturated carbocycles. The number of amides is 1. The van der Waals surface area contributed by atoms with E-state index in [0.29, 0.717) is 6.61 Å². The maximum atomic E-state index is 12.2. The highest BCUT2D eigenvalue weighted by atomic mass is 16.5. The minimum atomic E-state index is -0.0947. The van der Waals surface area contributed by atoms with E-state index in [1.165, 1.54) is 5.56 Å². The topological polar surface area (TPSA) is 50.4 Å². The van der Waals surface area contributed by atoms with Crippen molar-refractivity contribution >= 4 is 17.3 Å². The number of rotatable bonds is 9. The Morgan fingerprint density at radius 1 is 0.893 bits per heavy atom. The highest BCUT2D eigenvalue weighted by Crippen LogP contribution is 2.18. The molecule has 0 aliphatic heterocycles. The smallest absolute Gasteiger partial charge is 0.243 e. The standard InChI is InChI=1S/C24H26N2O2/c1-19-8-5-12-21(16-19)25-18-24(27)26-22-13-6-14-23(17-22)28-15-7-11-20-9-3-2-4-10-20/h2-6,8-10,12-14,16-17,25H,7,11,15,18H2,1H3,(H,26,27). The van der Waals surface area contributed by atoms with Crippen LogP contribution in [0.15, 0.2) is 78.9 Å². The molecule has 4 heteroatoms. The number of anilines is 2. The van der Waals surface area contributed by atoms with Gasteiger partial charge in [0.1, 0.15) is 5.75 Å². The summed E-state index contributed by atoms with van der Waals surface area (Å²) in [4.78, 5) is 12.2. The lowest BCUT2D eigenvalue weighted by Crippen LogP contribution is -2.21. The normalized spacial score (nSPS) is 10.3. The third-order valence-electron chi connectivity index (χ3n) is 4.31. The van der Waals surface area contributed by atoms with Crippen LogP contribution in [0.25, 0.3) is 0 Å². The summed E-state index contributed by atoms with van der Waals surface area (Å²) >= 11 is 0. The first kappa shape index (κ1) is 19.5. The van der Waals surface area contributed by atoms with Crippen molar-refractivity contribution in [3.8, 4) is 5.75 Å². The highest BCUT2D eigenvalue weighted by Gasteiger charge is 2.04. The van der Waals surface area contributed by atoms with Gasteiger partial charge in [0.15, 0.2) is 0 Å². The zero-order valence-corrected chi connectivity index (χ0v) is 16.2. The van der Waals surface area contributed by atoms with E-state index in [1.807, 2.05) is 61.5 Å². The number of carbonyl (C=O) groups excluding carboxylic acids is 1. The molecule has 3 aromatic rings. The summed E-state index contributed by atoms with van der Waals surface area (Å²) in [7, 11) is 0. The van der Waals surface area contributed by atoms with Crippen LogP contribution in [0.5, 0.6) is 5.75 Å². The lowest BCUT2D eigenvalue weighted by Gasteiger charge is -2.10. The second kappa shape index (κ2) is 10.2. The van der Waals surface area contributed by atoms with Crippen LogP contribution in [0, 0.1) is 6.92 Å². The minimum absolute atomic E-state index is 0.0947. The fourth-order valence-corrected chi connectivity index (χ4v) is 2.92. The zero-order chi connectivity index (χ0) is 19.6. The van der Waals surface area contributed by atoms with Crippen LogP contribution < -0.4 is 15.4 Å². The Bertz CT molecular complexity index is 894. The predicted molar refractivity (Wildman–Crippen MR) is 115 cm³/mol. The van der Waals surface area contributed by atoms with Crippen molar-refractivity contribution < 1.29 is 9.53 Å². The second-order valence-electron chi connectivity index (χ2n) is 6.74. The van der Waals surface area contributed by atoms with Gasteiger partial charge in [-0.2, -0.15) is 0 Å². The van der Waals surface area contributed by atoms with Gasteiger partial charge in [-0.15, -0.1) is 0 Å². The number of hydrogen-bond donors (Lipinski definition) is 2. The van der Waals surface area contributed by atoms with E-state index < -0.39 is 0 Å². The molecule has 144 valence electrons. The van der Waals surface area contributed by atoms with Gasteiger partial charge >= 0.3 is 0 Å². The van der Waals surface area contributed by atoms with Crippen LogP contribution in [0.3, 0.4) is 0 Å². The first-order chi connectivity index (χ1) is 13.7. The lowest BCUT2D eigenvalue weighted by molar-refractivity contribution is -0.114. The summed E-state index contributed by atoms with van der Waals surface area (Å²) in [6, 6.07) is 25.8. The number of carbonyl (C=O) groups is 1. The van der Waals surface area contributed by atoms with Crippen LogP contribution in [0.2, 0.25) is 0 Å². The van der Waals surface area contributed by atoms with Crippen molar-refractivity contribution in [3.05, 3.63) is 90.0 Å².